The van der Waals surface area contributed by atoms with Crippen LogP contribution in [0.25, 0.3) is 6.08 Å². The molecule has 33 heavy (non-hydrogen) atoms. The molecule has 0 aliphatic carbocycles. The first-order chi connectivity index (χ1) is 15.9. The minimum atomic E-state index is -0.630. The minimum Gasteiger partial charge on any atom is -0.493 e. The fourth-order valence-electron chi connectivity index (χ4n) is 3.46. The monoisotopic (exact) mass is 464 g/mol. The molecule has 0 spiro atoms. The molecule has 170 valence electrons. The van der Waals surface area contributed by atoms with Gasteiger partial charge in [0.25, 0.3) is 11.8 Å². The number of carbonyl (C=O) groups is 2. The first kappa shape index (κ1) is 24.1. The maximum absolute atomic E-state index is 13.3. The lowest BCUT2D eigenvalue weighted by molar-refractivity contribution is -0.141. The zero-order chi connectivity index (χ0) is 24.0. The molecular weight excluding hydrogens is 440 g/mol. The summed E-state index contributed by atoms with van der Waals surface area (Å²) < 4.78 is 11.2. The van der Waals surface area contributed by atoms with Gasteiger partial charge in [0.15, 0.2) is 11.5 Å². The van der Waals surface area contributed by atoms with E-state index < -0.39 is 11.8 Å². The molecule has 0 unspecified atom stereocenters. The van der Waals surface area contributed by atoms with Crippen LogP contribution in [0.15, 0.2) is 59.2 Å². The topological polar surface area (TPSA) is 79.6 Å². The number of amides is 2. The smallest absolute Gasteiger partial charge is 0.271 e. The maximum Gasteiger partial charge on any atom is 0.271 e. The van der Waals surface area contributed by atoms with Gasteiger partial charge in [-0.15, -0.1) is 0 Å². The van der Waals surface area contributed by atoms with E-state index in [-0.39, 0.29) is 17.7 Å². The van der Waals surface area contributed by atoms with E-state index in [9.17, 15) is 14.9 Å². The van der Waals surface area contributed by atoms with E-state index >= 15 is 0 Å². The quantitative estimate of drug-likeness (QED) is 0.300. The second kappa shape index (κ2) is 10.8. The first-order valence-corrected chi connectivity index (χ1v) is 11.0. The lowest BCUT2D eigenvalue weighted by Gasteiger charge is -2.27. The van der Waals surface area contributed by atoms with Gasteiger partial charge in [-0.2, -0.15) is 5.26 Å². The van der Waals surface area contributed by atoms with Crippen LogP contribution in [0.2, 0.25) is 5.02 Å². The number of methoxy groups -OCH3 is 1. The van der Waals surface area contributed by atoms with E-state index in [1.807, 2.05) is 6.07 Å². The molecule has 7 heteroatoms. The zero-order valence-electron chi connectivity index (χ0n) is 18.9. The number of benzene rings is 2. The Kier molecular flexibility index (Phi) is 7.92. The van der Waals surface area contributed by atoms with E-state index in [0.717, 1.165) is 17.7 Å². The van der Waals surface area contributed by atoms with Crippen LogP contribution in [0.1, 0.15) is 37.8 Å². The second-order valence-corrected chi connectivity index (χ2v) is 7.98. The standard InChI is InChI=1S/C26H25ClN2O4/c1-4-5-12-33-23-11-10-18(14-24(23)32-3)13-20-17(2)21(15-28)26(31)29(25(20)30)16-19-8-6-7-9-22(19)27/h6-11,13-14H,4-5,12,16H2,1-3H3/b20-13+. The van der Waals surface area contributed by atoms with Crippen LogP contribution in [0.4, 0.5) is 0 Å². The van der Waals surface area contributed by atoms with Crippen LogP contribution in [-0.2, 0) is 16.1 Å². The van der Waals surface area contributed by atoms with Gasteiger partial charge < -0.3 is 9.47 Å². The number of hydrogen-bond acceptors (Lipinski definition) is 5. The van der Waals surface area contributed by atoms with Gasteiger partial charge in [0.05, 0.1) is 20.3 Å². The highest BCUT2D eigenvalue weighted by molar-refractivity contribution is 6.31. The molecule has 0 saturated carbocycles. The Morgan fingerprint density at radius 1 is 1.12 bits per heavy atom. The predicted octanol–water partition coefficient (Wildman–Crippen LogP) is 5.32. The number of hydrogen-bond donors (Lipinski definition) is 0. The van der Waals surface area contributed by atoms with Crippen molar-refractivity contribution in [1.82, 2.24) is 4.90 Å². The van der Waals surface area contributed by atoms with Crippen LogP contribution in [0.5, 0.6) is 11.5 Å². The summed E-state index contributed by atoms with van der Waals surface area (Å²) in [4.78, 5) is 27.3. The molecule has 0 saturated heterocycles. The third kappa shape index (κ3) is 5.27. The van der Waals surface area contributed by atoms with Gasteiger partial charge in [0, 0.05) is 10.6 Å². The number of nitrogens with zero attached hydrogens (tertiary/aromatic N) is 2. The van der Waals surface area contributed by atoms with Gasteiger partial charge in [0.1, 0.15) is 11.6 Å². The highest BCUT2D eigenvalue weighted by Gasteiger charge is 2.35. The maximum atomic E-state index is 13.3. The molecule has 0 aromatic heterocycles. The van der Waals surface area contributed by atoms with E-state index in [1.54, 1.807) is 62.6 Å². The van der Waals surface area contributed by atoms with E-state index in [2.05, 4.69) is 6.92 Å². The van der Waals surface area contributed by atoms with Crippen molar-refractivity contribution in [2.24, 2.45) is 0 Å². The second-order valence-electron chi connectivity index (χ2n) is 7.57. The van der Waals surface area contributed by atoms with Crippen molar-refractivity contribution in [2.75, 3.05) is 13.7 Å². The van der Waals surface area contributed by atoms with Gasteiger partial charge >= 0.3 is 0 Å². The molecule has 2 aromatic carbocycles. The van der Waals surface area contributed by atoms with E-state index in [1.165, 1.54) is 0 Å². The molecule has 2 aromatic rings. The summed E-state index contributed by atoms with van der Waals surface area (Å²) in [6.45, 7) is 4.24. The molecule has 6 nitrogen and oxygen atoms in total. The Morgan fingerprint density at radius 3 is 2.55 bits per heavy atom. The number of halogens is 1. The molecule has 0 bridgehead atoms. The van der Waals surface area contributed by atoms with Crippen LogP contribution in [-0.4, -0.2) is 30.4 Å². The summed E-state index contributed by atoms with van der Waals surface area (Å²) in [6, 6.07) is 14.3. The highest BCUT2D eigenvalue weighted by Crippen LogP contribution is 2.32. The average molecular weight is 465 g/mol. The van der Waals surface area contributed by atoms with Crippen LogP contribution in [0.3, 0.4) is 0 Å². The lowest BCUT2D eigenvalue weighted by atomic mass is 9.93. The van der Waals surface area contributed by atoms with Crippen molar-refractivity contribution in [3.8, 4) is 17.6 Å². The van der Waals surface area contributed by atoms with Gasteiger partial charge in [-0.25, -0.2) is 0 Å². The Morgan fingerprint density at radius 2 is 1.88 bits per heavy atom. The number of unbranched alkanes of at least 4 members (excludes halogenated alkanes) is 1. The van der Waals surface area contributed by atoms with Crippen molar-refractivity contribution in [3.05, 3.63) is 75.3 Å². The average Bonchev–Trinajstić information content (AvgIpc) is 2.81. The number of nitriles is 1. The predicted molar refractivity (Wildman–Crippen MR) is 127 cm³/mol. The number of ether oxygens (including phenoxy) is 2. The van der Waals surface area contributed by atoms with Crippen molar-refractivity contribution in [2.45, 2.75) is 33.2 Å². The van der Waals surface area contributed by atoms with Gasteiger partial charge in [-0.3, -0.25) is 14.5 Å². The van der Waals surface area contributed by atoms with Crippen molar-refractivity contribution in [3.63, 3.8) is 0 Å². The summed E-state index contributed by atoms with van der Waals surface area (Å²) in [5.74, 6) is 0.0337. The van der Waals surface area contributed by atoms with Crippen LogP contribution < -0.4 is 9.47 Å². The molecule has 1 aliphatic heterocycles. The molecule has 1 heterocycles. The largest absolute Gasteiger partial charge is 0.493 e. The fourth-order valence-corrected chi connectivity index (χ4v) is 3.65. The molecule has 0 fully saturated rings. The third-order valence-electron chi connectivity index (χ3n) is 5.37. The summed E-state index contributed by atoms with van der Waals surface area (Å²) in [5.41, 5.74) is 1.83. The first-order valence-electron chi connectivity index (χ1n) is 10.6. The summed E-state index contributed by atoms with van der Waals surface area (Å²) in [7, 11) is 1.55. The Labute approximate surface area is 198 Å². The third-order valence-corrected chi connectivity index (χ3v) is 5.73. The summed E-state index contributed by atoms with van der Waals surface area (Å²) in [5, 5.41) is 10.0. The van der Waals surface area contributed by atoms with E-state index in [4.69, 9.17) is 21.1 Å². The van der Waals surface area contributed by atoms with Gasteiger partial charge in [-0.1, -0.05) is 49.2 Å². The molecule has 0 radical (unpaired) electrons. The van der Waals surface area contributed by atoms with Crippen LogP contribution in [0, 0.1) is 11.3 Å². The summed E-state index contributed by atoms with van der Waals surface area (Å²) in [6.07, 6.45) is 3.60. The minimum absolute atomic E-state index is 0.0271. The van der Waals surface area contributed by atoms with Crippen molar-refractivity contribution >= 4 is 29.5 Å². The Hall–Kier alpha value is -3.56. The molecule has 1 aliphatic rings. The van der Waals surface area contributed by atoms with E-state index in [0.29, 0.717) is 39.8 Å². The number of imide groups is 1. The lowest BCUT2D eigenvalue weighted by Crippen LogP contribution is -2.42. The van der Waals surface area contributed by atoms with Gasteiger partial charge in [-0.05, 0) is 54.3 Å². The Balaban J connectivity index is 1.99. The SMILES string of the molecule is CCCCOc1ccc(/C=C2/C(=O)N(Cc3ccccc3Cl)C(=O)C(C#N)=C2C)cc1OC. The fraction of sp³-hybridized carbons (Fsp3) is 0.269. The molecule has 2 amide bonds. The summed E-state index contributed by atoms with van der Waals surface area (Å²) >= 11 is 6.23. The molecule has 0 atom stereocenters. The van der Waals surface area contributed by atoms with Crippen molar-refractivity contribution < 1.29 is 19.1 Å². The molecular formula is C26H25ClN2O4. The molecule has 3 rings (SSSR count). The Bertz CT molecular complexity index is 1180. The number of carbonyl (C=O) groups excluding carboxylic acids is 2. The van der Waals surface area contributed by atoms with Crippen molar-refractivity contribution in [1.29, 1.82) is 5.26 Å². The van der Waals surface area contributed by atoms with Gasteiger partial charge in [0.2, 0.25) is 0 Å². The normalized spacial score (nSPS) is 15.1. The zero-order valence-corrected chi connectivity index (χ0v) is 19.6. The highest BCUT2D eigenvalue weighted by atomic mass is 35.5. The number of rotatable bonds is 8. The van der Waals surface area contributed by atoms with Crippen LogP contribution >= 0.6 is 11.6 Å². The molecule has 0 N–H and O–H groups in total.